The maximum atomic E-state index is 11.8. The SMILES string of the molecule is Cc1ccc(SOCCC2CN(C(=O)OC(C)(C)C)C2)cc1. The number of carbonyl (C=O) groups excluding carboxylic acids is 1. The molecule has 0 aromatic heterocycles. The normalized spacial score (nSPS) is 15.5. The van der Waals surface area contributed by atoms with Gasteiger partial charge in [0.15, 0.2) is 0 Å². The predicted molar refractivity (Wildman–Crippen MR) is 88.9 cm³/mol. The van der Waals surface area contributed by atoms with E-state index in [9.17, 15) is 4.79 Å². The highest BCUT2D eigenvalue weighted by Crippen LogP contribution is 2.24. The number of rotatable bonds is 5. The molecule has 4 nitrogen and oxygen atoms in total. The van der Waals surface area contributed by atoms with Gasteiger partial charge in [0.1, 0.15) is 5.60 Å². The predicted octanol–water partition coefficient (Wildman–Crippen LogP) is 4.28. The Kier molecular flexibility index (Phi) is 5.75. The number of benzene rings is 1. The summed E-state index contributed by atoms with van der Waals surface area (Å²) in [6.07, 6.45) is 0.761. The molecule has 122 valence electrons. The summed E-state index contributed by atoms with van der Waals surface area (Å²) < 4.78 is 11.0. The lowest BCUT2D eigenvalue weighted by Gasteiger charge is -2.39. The van der Waals surface area contributed by atoms with Crippen LogP contribution < -0.4 is 0 Å². The van der Waals surface area contributed by atoms with Crippen LogP contribution in [0.4, 0.5) is 4.79 Å². The van der Waals surface area contributed by atoms with Crippen LogP contribution in [0.1, 0.15) is 32.8 Å². The lowest BCUT2D eigenvalue weighted by atomic mass is 9.97. The number of likely N-dealkylation sites (tertiary alicyclic amines) is 1. The summed E-state index contributed by atoms with van der Waals surface area (Å²) in [5.41, 5.74) is 0.830. The Labute approximate surface area is 137 Å². The fraction of sp³-hybridized carbons (Fsp3) is 0.588. The molecule has 0 saturated carbocycles. The molecule has 0 unspecified atom stereocenters. The van der Waals surface area contributed by atoms with E-state index in [1.54, 1.807) is 4.90 Å². The van der Waals surface area contributed by atoms with E-state index >= 15 is 0 Å². The van der Waals surface area contributed by atoms with Gasteiger partial charge in [-0.15, -0.1) is 0 Å². The van der Waals surface area contributed by atoms with Gasteiger partial charge in [0.25, 0.3) is 0 Å². The van der Waals surface area contributed by atoms with Gasteiger partial charge in [-0.25, -0.2) is 4.79 Å². The van der Waals surface area contributed by atoms with Crippen molar-refractivity contribution in [3.63, 3.8) is 0 Å². The van der Waals surface area contributed by atoms with E-state index in [0.717, 1.165) is 24.4 Å². The highest BCUT2D eigenvalue weighted by atomic mass is 32.2. The maximum Gasteiger partial charge on any atom is 0.410 e. The van der Waals surface area contributed by atoms with Crippen molar-refractivity contribution >= 4 is 18.1 Å². The monoisotopic (exact) mass is 323 g/mol. The Morgan fingerprint density at radius 3 is 2.50 bits per heavy atom. The summed E-state index contributed by atoms with van der Waals surface area (Å²) in [6, 6.07) is 8.29. The van der Waals surface area contributed by atoms with Crippen molar-refractivity contribution in [1.29, 1.82) is 0 Å². The quantitative estimate of drug-likeness (QED) is 0.599. The highest BCUT2D eigenvalue weighted by molar-refractivity contribution is 7.94. The van der Waals surface area contributed by atoms with Gasteiger partial charge in [0, 0.05) is 30.0 Å². The van der Waals surface area contributed by atoms with Crippen LogP contribution in [0, 0.1) is 12.8 Å². The zero-order valence-electron chi connectivity index (χ0n) is 13.8. The standard InChI is InChI=1S/C17H25NO3S/c1-13-5-7-15(8-6-13)22-20-10-9-14-11-18(12-14)16(19)21-17(2,3)4/h5-8,14H,9-12H2,1-4H3. The molecule has 1 aliphatic rings. The lowest BCUT2D eigenvalue weighted by molar-refractivity contribution is -0.00354. The molecule has 22 heavy (non-hydrogen) atoms. The molecule has 0 N–H and O–H groups in total. The van der Waals surface area contributed by atoms with Gasteiger partial charge >= 0.3 is 6.09 Å². The van der Waals surface area contributed by atoms with E-state index in [1.807, 2.05) is 20.8 Å². The van der Waals surface area contributed by atoms with Crippen molar-refractivity contribution in [1.82, 2.24) is 4.90 Å². The van der Waals surface area contributed by atoms with Crippen LogP contribution in [-0.4, -0.2) is 36.3 Å². The van der Waals surface area contributed by atoms with Gasteiger partial charge in [-0.1, -0.05) is 17.7 Å². The summed E-state index contributed by atoms with van der Waals surface area (Å²) >= 11 is 1.42. The molecule has 1 aromatic rings. The Morgan fingerprint density at radius 1 is 1.27 bits per heavy atom. The van der Waals surface area contributed by atoms with E-state index in [2.05, 4.69) is 31.2 Å². The van der Waals surface area contributed by atoms with E-state index in [0.29, 0.717) is 12.5 Å². The first kappa shape index (κ1) is 17.2. The third-order valence-corrected chi connectivity index (χ3v) is 4.14. The first-order valence-corrected chi connectivity index (χ1v) is 8.42. The second-order valence-corrected chi connectivity index (χ2v) is 7.63. The molecular formula is C17H25NO3S. The van der Waals surface area contributed by atoms with Crippen molar-refractivity contribution in [2.45, 2.75) is 44.6 Å². The molecule has 0 spiro atoms. The number of amides is 1. The first-order chi connectivity index (χ1) is 10.3. The Bertz CT molecular complexity index is 490. The molecule has 0 atom stereocenters. The molecular weight excluding hydrogens is 298 g/mol. The van der Waals surface area contributed by atoms with Gasteiger partial charge < -0.3 is 13.8 Å². The zero-order valence-corrected chi connectivity index (χ0v) is 14.6. The second-order valence-electron chi connectivity index (χ2n) is 6.76. The highest BCUT2D eigenvalue weighted by Gasteiger charge is 2.33. The third-order valence-electron chi connectivity index (χ3n) is 3.39. The minimum Gasteiger partial charge on any atom is -0.444 e. The Balaban J connectivity index is 1.57. The maximum absolute atomic E-state index is 11.8. The van der Waals surface area contributed by atoms with Gasteiger partial charge in [-0.2, -0.15) is 0 Å². The van der Waals surface area contributed by atoms with Crippen molar-refractivity contribution < 1.29 is 13.7 Å². The zero-order chi connectivity index (χ0) is 16.2. The number of carbonyl (C=O) groups is 1. The molecule has 0 radical (unpaired) electrons. The number of aryl methyl sites for hydroxylation is 1. The molecule has 1 aromatic carbocycles. The van der Waals surface area contributed by atoms with Gasteiger partial charge in [-0.3, -0.25) is 0 Å². The molecule has 1 aliphatic heterocycles. The van der Waals surface area contributed by atoms with E-state index < -0.39 is 5.60 Å². The van der Waals surface area contributed by atoms with Crippen LogP contribution in [-0.2, 0) is 8.92 Å². The van der Waals surface area contributed by atoms with Crippen LogP contribution in [0.5, 0.6) is 0 Å². The summed E-state index contributed by atoms with van der Waals surface area (Å²) in [5, 5.41) is 0. The molecule has 0 bridgehead atoms. The number of nitrogens with zero attached hydrogens (tertiary/aromatic N) is 1. The average Bonchev–Trinajstić information content (AvgIpc) is 2.36. The number of ether oxygens (including phenoxy) is 1. The van der Waals surface area contributed by atoms with Crippen LogP contribution in [0.15, 0.2) is 29.2 Å². The smallest absolute Gasteiger partial charge is 0.410 e. The van der Waals surface area contributed by atoms with E-state index in [-0.39, 0.29) is 6.09 Å². The van der Waals surface area contributed by atoms with Crippen molar-refractivity contribution in [3.8, 4) is 0 Å². The van der Waals surface area contributed by atoms with Gasteiger partial charge in [0.2, 0.25) is 0 Å². The van der Waals surface area contributed by atoms with Crippen LogP contribution >= 0.6 is 12.0 Å². The van der Waals surface area contributed by atoms with Crippen molar-refractivity contribution in [2.75, 3.05) is 19.7 Å². The number of hydrogen-bond acceptors (Lipinski definition) is 4. The van der Waals surface area contributed by atoms with Crippen LogP contribution in [0.25, 0.3) is 0 Å². The topological polar surface area (TPSA) is 38.8 Å². The van der Waals surface area contributed by atoms with Crippen LogP contribution in [0.2, 0.25) is 0 Å². The summed E-state index contributed by atoms with van der Waals surface area (Å²) in [7, 11) is 0. The average molecular weight is 323 g/mol. The molecule has 2 rings (SSSR count). The van der Waals surface area contributed by atoms with E-state index in [1.165, 1.54) is 17.6 Å². The first-order valence-electron chi connectivity index (χ1n) is 7.67. The minimum absolute atomic E-state index is 0.210. The molecule has 1 heterocycles. The van der Waals surface area contributed by atoms with Gasteiger partial charge in [-0.05, 0) is 52.2 Å². The fourth-order valence-corrected chi connectivity index (χ4v) is 2.71. The molecule has 0 aliphatic carbocycles. The summed E-state index contributed by atoms with van der Waals surface area (Å²) in [4.78, 5) is 14.7. The largest absolute Gasteiger partial charge is 0.444 e. The van der Waals surface area contributed by atoms with Crippen molar-refractivity contribution in [3.05, 3.63) is 29.8 Å². The van der Waals surface area contributed by atoms with Crippen molar-refractivity contribution in [2.24, 2.45) is 5.92 Å². The second kappa shape index (κ2) is 7.38. The molecule has 1 saturated heterocycles. The number of hydrogen-bond donors (Lipinski definition) is 0. The Morgan fingerprint density at radius 2 is 1.91 bits per heavy atom. The molecule has 1 amide bonds. The molecule has 1 fully saturated rings. The summed E-state index contributed by atoms with van der Waals surface area (Å²) in [6.45, 7) is 9.98. The minimum atomic E-state index is -0.421. The summed E-state index contributed by atoms with van der Waals surface area (Å²) in [5.74, 6) is 0.520. The fourth-order valence-electron chi connectivity index (χ4n) is 2.15. The van der Waals surface area contributed by atoms with Gasteiger partial charge in [0.05, 0.1) is 6.61 Å². The van der Waals surface area contributed by atoms with E-state index in [4.69, 9.17) is 8.92 Å². The Hall–Kier alpha value is -1.20. The van der Waals surface area contributed by atoms with Crippen LogP contribution in [0.3, 0.4) is 0 Å². The lowest BCUT2D eigenvalue weighted by Crippen LogP contribution is -2.51. The third kappa shape index (κ3) is 5.54. The molecule has 5 heteroatoms.